The van der Waals surface area contributed by atoms with Gasteiger partial charge in [-0.05, 0) is 12.3 Å². The maximum atomic E-state index is 12.5. The SMILES string of the molecule is CCCCC(=O)N(C)C(C[C@@H](OC(C)=O)c1nc(C(=O)CC)cs1)C(C)C. The standard InChI is InChI=1S/C20H32N2O4S/c1-7-9-10-19(25)22(6)16(13(3)4)11-18(26-14(5)23)20-21-15(12-27-20)17(24)8-2/h12-13,16,18H,7-11H2,1-6H3/t16?,18-/m1/s1. The summed E-state index contributed by atoms with van der Waals surface area (Å²) in [6.45, 7) is 9.30. The van der Waals surface area contributed by atoms with Crippen LogP contribution in [0.15, 0.2) is 5.38 Å². The number of ether oxygens (including phenoxy) is 1. The number of rotatable bonds is 11. The molecule has 152 valence electrons. The van der Waals surface area contributed by atoms with Gasteiger partial charge in [0.2, 0.25) is 5.91 Å². The van der Waals surface area contributed by atoms with Gasteiger partial charge in [0.15, 0.2) is 11.9 Å². The normalized spacial score (nSPS) is 13.3. The van der Waals surface area contributed by atoms with E-state index in [0.29, 0.717) is 30.0 Å². The molecule has 1 amide bonds. The lowest BCUT2D eigenvalue weighted by Crippen LogP contribution is -2.41. The Hall–Kier alpha value is -1.76. The van der Waals surface area contributed by atoms with Gasteiger partial charge in [0.05, 0.1) is 0 Å². The zero-order chi connectivity index (χ0) is 20.6. The van der Waals surface area contributed by atoms with Crippen molar-refractivity contribution in [2.45, 2.75) is 78.9 Å². The van der Waals surface area contributed by atoms with Gasteiger partial charge in [-0.2, -0.15) is 0 Å². The molecule has 1 rings (SSSR count). The van der Waals surface area contributed by atoms with Gasteiger partial charge in [0.25, 0.3) is 0 Å². The van der Waals surface area contributed by atoms with E-state index in [-0.39, 0.29) is 23.7 Å². The van der Waals surface area contributed by atoms with Crippen molar-refractivity contribution in [2.75, 3.05) is 7.05 Å². The lowest BCUT2D eigenvalue weighted by molar-refractivity contribution is -0.148. The first-order chi connectivity index (χ1) is 12.7. The van der Waals surface area contributed by atoms with E-state index in [4.69, 9.17) is 4.74 Å². The zero-order valence-corrected chi connectivity index (χ0v) is 18.1. The van der Waals surface area contributed by atoms with Crippen molar-refractivity contribution in [1.29, 1.82) is 0 Å². The summed E-state index contributed by atoms with van der Waals surface area (Å²) in [5, 5.41) is 2.31. The smallest absolute Gasteiger partial charge is 0.303 e. The van der Waals surface area contributed by atoms with E-state index in [9.17, 15) is 14.4 Å². The molecule has 0 N–H and O–H groups in total. The van der Waals surface area contributed by atoms with E-state index in [1.54, 1.807) is 24.3 Å². The quantitative estimate of drug-likeness (QED) is 0.409. The first-order valence-electron chi connectivity index (χ1n) is 9.62. The van der Waals surface area contributed by atoms with Crippen molar-refractivity contribution in [2.24, 2.45) is 5.92 Å². The number of esters is 1. The van der Waals surface area contributed by atoms with Crippen LogP contribution in [-0.2, 0) is 14.3 Å². The number of hydrogen-bond donors (Lipinski definition) is 0. The minimum absolute atomic E-state index is 0.0358. The van der Waals surface area contributed by atoms with Crippen LogP contribution in [0.25, 0.3) is 0 Å². The molecule has 0 spiro atoms. The molecule has 1 heterocycles. The first-order valence-corrected chi connectivity index (χ1v) is 10.5. The third kappa shape index (κ3) is 7.05. The fraction of sp³-hybridized carbons (Fsp3) is 0.700. The Kier molecular flexibility index (Phi) is 9.63. The molecule has 1 aromatic heterocycles. The summed E-state index contributed by atoms with van der Waals surface area (Å²) in [7, 11) is 1.81. The highest BCUT2D eigenvalue weighted by atomic mass is 32.1. The van der Waals surface area contributed by atoms with Gasteiger partial charge < -0.3 is 9.64 Å². The third-order valence-electron chi connectivity index (χ3n) is 4.57. The highest BCUT2D eigenvalue weighted by molar-refractivity contribution is 7.09. The summed E-state index contributed by atoms with van der Waals surface area (Å²) < 4.78 is 5.51. The maximum Gasteiger partial charge on any atom is 0.303 e. The minimum atomic E-state index is -0.570. The summed E-state index contributed by atoms with van der Waals surface area (Å²) >= 11 is 1.32. The van der Waals surface area contributed by atoms with Crippen molar-refractivity contribution in [1.82, 2.24) is 9.88 Å². The third-order valence-corrected chi connectivity index (χ3v) is 5.51. The fourth-order valence-corrected chi connectivity index (χ4v) is 3.79. The van der Waals surface area contributed by atoms with Crippen LogP contribution in [0.5, 0.6) is 0 Å². The molecule has 0 aliphatic carbocycles. The van der Waals surface area contributed by atoms with Crippen molar-refractivity contribution in [3.8, 4) is 0 Å². The number of ketones is 1. The van der Waals surface area contributed by atoms with Gasteiger partial charge in [-0.3, -0.25) is 14.4 Å². The highest BCUT2D eigenvalue weighted by Gasteiger charge is 2.30. The second kappa shape index (κ2) is 11.2. The maximum absolute atomic E-state index is 12.5. The van der Waals surface area contributed by atoms with Crippen LogP contribution < -0.4 is 0 Å². The van der Waals surface area contributed by atoms with Crippen molar-refractivity contribution < 1.29 is 19.1 Å². The van der Waals surface area contributed by atoms with Gasteiger partial charge in [0, 0.05) is 44.7 Å². The molecule has 0 aliphatic heterocycles. The van der Waals surface area contributed by atoms with Crippen molar-refractivity contribution in [3.63, 3.8) is 0 Å². The Balaban J connectivity index is 3.03. The predicted molar refractivity (Wildman–Crippen MR) is 107 cm³/mol. The second-order valence-electron chi connectivity index (χ2n) is 7.10. The molecule has 1 aromatic rings. The lowest BCUT2D eigenvalue weighted by atomic mass is 9.96. The van der Waals surface area contributed by atoms with Crippen LogP contribution in [0.3, 0.4) is 0 Å². The summed E-state index contributed by atoms with van der Waals surface area (Å²) in [5.41, 5.74) is 0.406. The molecule has 0 saturated heterocycles. The van der Waals surface area contributed by atoms with E-state index in [1.165, 1.54) is 18.3 Å². The molecule has 0 saturated carbocycles. The topological polar surface area (TPSA) is 76.6 Å². The monoisotopic (exact) mass is 396 g/mol. The molecule has 7 heteroatoms. The fourth-order valence-electron chi connectivity index (χ4n) is 2.93. The molecular formula is C20H32N2O4S. The zero-order valence-electron chi connectivity index (χ0n) is 17.3. The number of carbonyl (C=O) groups excluding carboxylic acids is 3. The molecule has 0 radical (unpaired) electrons. The van der Waals surface area contributed by atoms with Gasteiger partial charge in [-0.15, -0.1) is 11.3 Å². The Morgan fingerprint density at radius 2 is 1.93 bits per heavy atom. The lowest BCUT2D eigenvalue weighted by Gasteiger charge is -2.33. The van der Waals surface area contributed by atoms with Gasteiger partial charge in [0.1, 0.15) is 10.7 Å². The number of amides is 1. The van der Waals surface area contributed by atoms with Crippen molar-refractivity contribution >= 4 is 29.0 Å². The Morgan fingerprint density at radius 1 is 1.26 bits per heavy atom. The molecule has 0 aromatic carbocycles. The first kappa shape index (κ1) is 23.3. The number of thiazole rings is 1. The summed E-state index contributed by atoms with van der Waals surface area (Å²) in [4.78, 5) is 42.1. The molecule has 6 nitrogen and oxygen atoms in total. The van der Waals surface area contributed by atoms with Gasteiger partial charge in [-0.1, -0.05) is 34.1 Å². The van der Waals surface area contributed by atoms with Crippen LogP contribution in [-0.4, -0.2) is 40.6 Å². The number of unbranched alkanes of at least 4 members (excludes halogenated alkanes) is 1. The van der Waals surface area contributed by atoms with Crippen LogP contribution in [0.2, 0.25) is 0 Å². The Bertz CT molecular complexity index is 642. The summed E-state index contributed by atoms with van der Waals surface area (Å²) in [5.74, 6) is -0.152. The summed E-state index contributed by atoms with van der Waals surface area (Å²) in [6, 6.07) is -0.0899. The van der Waals surface area contributed by atoms with Crippen LogP contribution in [0.1, 0.15) is 88.3 Å². The highest BCUT2D eigenvalue weighted by Crippen LogP contribution is 2.30. The molecule has 0 bridgehead atoms. The summed E-state index contributed by atoms with van der Waals surface area (Å²) in [6.07, 6.45) is 2.61. The Morgan fingerprint density at radius 3 is 2.44 bits per heavy atom. The van der Waals surface area contributed by atoms with E-state index in [2.05, 4.69) is 11.9 Å². The van der Waals surface area contributed by atoms with Crippen LogP contribution >= 0.6 is 11.3 Å². The van der Waals surface area contributed by atoms with E-state index in [1.807, 2.05) is 13.8 Å². The number of Topliss-reactive ketones (excluding diaryl/α,β-unsaturated/α-hetero) is 1. The van der Waals surface area contributed by atoms with Crippen LogP contribution in [0.4, 0.5) is 0 Å². The molecular weight excluding hydrogens is 364 g/mol. The second-order valence-corrected chi connectivity index (χ2v) is 7.99. The Labute approximate surface area is 166 Å². The predicted octanol–water partition coefficient (Wildman–Crippen LogP) is 4.40. The largest absolute Gasteiger partial charge is 0.455 e. The number of carbonyl (C=O) groups is 3. The average Bonchev–Trinajstić information content (AvgIpc) is 3.11. The van der Waals surface area contributed by atoms with Crippen molar-refractivity contribution in [3.05, 3.63) is 16.1 Å². The van der Waals surface area contributed by atoms with Gasteiger partial charge in [-0.25, -0.2) is 4.98 Å². The van der Waals surface area contributed by atoms with E-state index < -0.39 is 12.1 Å². The van der Waals surface area contributed by atoms with Crippen LogP contribution in [0, 0.1) is 5.92 Å². The van der Waals surface area contributed by atoms with Gasteiger partial charge >= 0.3 is 5.97 Å². The number of nitrogens with zero attached hydrogens (tertiary/aromatic N) is 2. The molecule has 2 atom stereocenters. The number of hydrogen-bond acceptors (Lipinski definition) is 6. The molecule has 1 unspecified atom stereocenters. The van der Waals surface area contributed by atoms with E-state index in [0.717, 1.165) is 12.8 Å². The molecule has 27 heavy (non-hydrogen) atoms. The molecule has 0 fully saturated rings. The van der Waals surface area contributed by atoms with E-state index >= 15 is 0 Å². The molecule has 0 aliphatic rings. The average molecular weight is 397 g/mol. The minimum Gasteiger partial charge on any atom is -0.455 e. The number of aromatic nitrogens is 1.